The Bertz CT molecular complexity index is 2020. The lowest BCUT2D eigenvalue weighted by Gasteiger charge is -2.14. The van der Waals surface area contributed by atoms with Crippen molar-refractivity contribution < 1.29 is 9.90 Å². The van der Waals surface area contributed by atoms with Crippen molar-refractivity contribution in [1.29, 1.82) is 0 Å². The van der Waals surface area contributed by atoms with Crippen LogP contribution in [0.5, 0.6) is 0 Å². The molecule has 7 aromatic rings. The molecule has 5 heterocycles. The minimum absolute atomic E-state index is 0.327. The van der Waals surface area contributed by atoms with Gasteiger partial charge in [0, 0.05) is 43.1 Å². The number of aryl methyl sites for hydroxylation is 1. The Hall–Kier alpha value is -5.01. The molecule has 0 aliphatic rings. The molecule has 7 rings (SSSR count). The Morgan fingerprint density at radius 3 is 2.48 bits per heavy atom. The number of hydrogen-bond acceptors (Lipinski definition) is 4. The van der Waals surface area contributed by atoms with Gasteiger partial charge in [-0.2, -0.15) is 0 Å². The zero-order valence-electron chi connectivity index (χ0n) is 21.7. The van der Waals surface area contributed by atoms with Crippen LogP contribution in [0.25, 0.3) is 54.9 Å². The van der Waals surface area contributed by atoms with Gasteiger partial charge in [-0.15, -0.1) is 11.3 Å². The predicted molar refractivity (Wildman–Crippen MR) is 161 cm³/mol. The van der Waals surface area contributed by atoms with E-state index in [2.05, 4.69) is 62.6 Å². The van der Waals surface area contributed by atoms with Crippen LogP contribution in [0.4, 0.5) is 0 Å². The summed E-state index contributed by atoms with van der Waals surface area (Å²) in [5.41, 5.74) is 9.10. The Balaban J connectivity index is 1.48. The fourth-order valence-corrected chi connectivity index (χ4v) is 6.45. The van der Waals surface area contributed by atoms with Gasteiger partial charge in [0.1, 0.15) is 4.88 Å². The molecule has 0 aliphatic carbocycles. The Morgan fingerprint density at radius 1 is 0.900 bits per heavy atom. The Morgan fingerprint density at radius 2 is 1.73 bits per heavy atom. The van der Waals surface area contributed by atoms with Gasteiger partial charge in [0.05, 0.1) is 32.8 Å². The second-order valence-corrected chi connectivity index (χ2v) is 10.8. The quantitative estimate of drug-likeness (QED) is 0.234. The molecule has 0 radical (unpaired) electrons. The van der Waals surface area contributed by atoms with Crippen molar-refractivity contribution in [2.24, 2.45) is 7.05 Å². The molecule has 0 fully saturated rings. The number of fused-ring (bicyclic) bond motifs is 2. The van der Waals surface area contributed by atoms with Gasteiger partial charge in [-0.1, -0.05) is 42.5 Å². The van der Waals surface area contributed by atoms with Crippen LogP contribution >= 0.6 is 11.3 Å². The number of rotatable bonds is 6. The molecule has 6 nitrogen and oxygen atoms in total. The van der Waals surface area contributed by atoms with Crippen LogP contribution in [0.15, 0.2) is 110 Å². The van der Waals surface area contributed by atoms with Gasteiger partial charge >= 0.3 is 5.97 Å². The molecule has 0 atom stereocenters. The van der Waals surface area contributed by atoms with E-state index in [4.69, 9.17) is 4.98 Å². The third-order valence-electron chi connectivity index (χ3n) is 7.27. The number of carboxylic acid groups (broad SMARTS) is 1. The van der Waals surface area contributed by atoms with E-state index in [1.54, 1.807) is 18.5 Å². The van der Waals surface area contributed by atoms with Crippen molar-refractivity contribution in [2.75, 3.05) is 0 Å². The zero-order chi connectivity index (χ0) is 27.2. The van der Waals surface area contributed by atoms with Crippen molar-refractivity contribution in [2.45, 2.75) is 6.54 Å². The molecule has 0 amide bonds. The largest absolute Gasteiger partial charge is 0.477 e. The average molecular weight is 541 g/mol. The van der Waals surface area contributed by atoms with E-state index < -0.39 is 5.97 Å². The van der Waals surface area contributed by atoms with Crippen molar-refractivity contribution in [1.82, 2.24) is 19.1 Å². The number of aromatic nitrogens is 4. The number of benzene rings is 2. The summed E-state index contributed by atoms with van der Waals surface area (Å²) < 4.78 is 5.27. The highest BCUT2D eigenvalue weighted by Crippen LogP contribution is 2.45. The number of carbonyl (C=O) groups is 1. The van der Waals surface area contributed by atoms with Crippen LogP contribution < -0.4 is 0 Å². The van der Waals surface area contributed by atoms with Crippen LogP contribution in [0.1, 0.15) is 15.2 Å². The summed E-state index contributed by atoms with van der Waals surface area (Å²) in [6.07, 6.45) is 5.60. The number of carboxylic acids is 1. The molecule has 0 saturated heterocycles. The van der Waals surface area contributed by atoms with Crippen LogP contribution in [-0.2, 0) is 13.6 Å². The van der Waals surface area contributed by atoms with Gasteiger partial charge in [-0.25, -0.2) is 9.78 Å². The maximum atomic E-state index is 12.0. The first-order valence-electron chi connectivity index (χ1n) is 12.9. The highest BCUT2D eigenvalue weighted by Gasteiger charge is 2.24. The molecule has 1 N–H and O–H groups in total. The van der Waals surface area contributed by atoms with Gasteiger partial charge in [-0.05, 0) is 65.2 Å². The fraction of sp³-hybridized carbons (Fsp3) is 0.0606. The topological polar surface area (TPSA) is 72.9 Å². The lowest BCUT2D eigenvalue weighted by Crippen LogP contribution is -2.03. The van der Waals surface area contributed by atoms with E-state index in [-0.39, 0.29) is 0 Å². The first-order chi connectivity index (χ1) is 19.6. The molecule has 0 bridgehead atoms. The second kappa shape index (κ2) is 9.63. The van der Waals surface area contributed by atoms with E-state index in [0.717, 1.165) is 60.5 Å². The monoisotopic (exact) mass is 540 g/mol. The molecule has 40 heavy (non-hydrogen) atoms. The van der Waals surface area contributed by atoms with Gasteiger partial charge in [0.25, 0.3) is 0 Å². The number of nitrogens with zero attached hydrogens (tertiary/aromatic N) is 4. The van der Waals surface area contributed by atoms with Crippen molar-refractivity contribution in [3.8, 4) is 33.8 Å². The molecular weight excluding hydrogens is 516 g/mol. The number of hydrogen-bond donors (Lipinski definition) is 1. The number of aromatic carboxylic acids is 1. The summed E-state index contributed by atoms with van der Waals surface area (Å²) in [4.78, 5) is 21.5. The fourth-order valence-electron chi connectivity index (χ4n) is 5.38. The van der Waals surface area contributed by atoms with E-state index in [1.807, 2.05) is 49.6 Å². The van der Waals surface area contributed by atoms with Gasteiger partial charge < -0.3 is 14.2 Å². The molecule has 0 unspecified atom stereocenters. The van der Waals surface area contributed by atoms with Gasteiger partial charge in [0.15, 0.2) is 0 Å². The second-order valence-electron chi connectivity index (χ2n) is 9.77. The maximum absolute atomic E-state index is 12.0. The first kappa shape index (κ1) is 24.1. The van der Waals surface area contributed by atoms with Gasteiger partial charge in [0.2, 0.25) is 0 Å². The van der Waals surface area contributed by atoms with E-state index in [9.17, 15) is 9.90 Å². The third kappa shape index (κ3) is 4.08. The summed E-state index contributed by atoms with van der Waals surface area (Å²) >= 11 is 1.33. The summed E-state index contributed by atoms with van der Waals surface area (Å²) in [5, 5.41) is 10.9. The Labute approximate surface area is 234 Å². The summed E-state index contributed by atoms with van der Waals surface area (Å²) in [6, 6.07) is 30.7. The lowest BCUT2D eigenvalue weighted by molar-refractivity contribution is 0.0702. The average Bonchev–Trinajstić information content (AvgIpc) is 3.68. The summed E-state index contributed by atoms with van der Waals surface area (Å²) in [6.45, 7) is 0.583. The van der Waals surface area contributed by atoms with Crippen molar-refractivity contribution in [3.05, 3.63) is 120 Å². The van der Waals surface area contributed by atoms with Crippen LogP contribution in [-0.4, -0.2) is 30.2 Å². The van der Waals surface area contributed by atoms with E-state index in [1.165, 1.54) is 11.3 Å². The first-order valence-corrected chi connectivity index (χ1v) is 13.7. The molecular formula is C33H24N4O2S. The minimum atomic E-state index is -0.914. The molecule has 0 aliphatic heterocycles. The lowest BCUT2D eigenvalue weighted by atomic mass is 9.99. The van der Waals surface area contributed by atoms with Crippen LogP contribution in [0, 0.1) is 0 Å². The van der Waals surface area contributed by atoms with Crippen LogP contribution in [0.3, 0.4) is 0 Å². The van der Waals surface area contributed by atoms with E-state index in [0.29, 0.717) is 11.4 Å². The molecule has 7 heteroatoms. The molecule has 0 spiro atoms. The molecule has 194 valence electrons. The van der Waals surface area contributed by atoms with E-state index >= 15 is 0 Å². The Kier molecular flexibility index (Phi) is 5.79. The normalized spacial score (nSPS) is 11.4. The predicted octanol–water partition coefficient (Wildman–Crippen LogP) is 7.73. The van der Waals surface area contributed by atoms with Crippen molar-refractivity contribution >= 4 is 38.4 Å². The summed E-state index contributed by atoms with van der Waals surface area (Å²) in [5.74, 6) is -0.914. The molecule has 0 saturated carbocycles. The number of pyridine rings is 2. The summed E-state index contributed by atoms with van der Waals surface area (Å²) in [7, 11) is 2.02. The highest BCUT2D eigenvalue weighted by molar-refractivity contribution is 7.21. The smallest absolute Gasteiger partial charge is 0.345 e. The van der Waals surface area contributed by atoms with Crippen LogP contribution in [0.2, 0.25) is 0 Å². The van der Waals surface area contributed by atoms with Gasteiger partial charge in [-0.3, -0.25) is 4.98 Å². The molecule has 2 aromatic carbocycles. The standard InChI is InChI=1S/C33H24N4O2S/c1-36-17-5-8-27(36)26-12-9-23-18-24(10-11-25(23)35-26)31-30(22-6-3-2-4-7-22)32-28(19-29(40-32)33(38)39)37(31)20-21-13-15-34-16-14-21/h2-19H,20H2,1H3,(H,38,39). The highest BCUT2D eigenvalue weighted by atomic mass is 32.1. The number of thiophene rings is 1. The zero-order valence-corrected chi connectivity index (χ0v) is 22.5. The molecule has 5 aromatic heterocycles. The maximum Gasteiger partial charge on any atom is 0.345 e. The van der Waals surface area contributed by atoms with Crippen molar-refractivity contribution in [3.63, 3.8) is 0 Å². The SMILES string of the molecule is Cn1cccc1-c1ccc2cc(-c3c(-c4ccccc4)c4sc(C(=O)O)cc4n3Cc3ccncc3)ccc2n1. The third-order valence-corrected chi connectivity index (χ3v) is 8.40. The minimum Gasteiger partial charge on any atom is -0.477 e.